The van der Waals surface area contributed by atoms with Crippen molar-refractivity contribution in [3.8, 4) is 5.75 Å². The third-order valence-corrected chi connectivity index (χ3v) is 8.49. The number of aromatic hydroxyl groups is 1. The molecule has 3 aliphatic rings. The number of benzene rings is 1. The Bertz CT molecular complexity index is 1240. The van der Waals surface area contributed by atoms with E-state index < -0.39 is 58.7 Å². The Kier molecular flexibility index (Phi) is 7.59. The smallest absolute Gasteiger partial charge is 0.230 e. The van der Waals surface area contributed by atoms with Crippen molar-refractivity contribution in [1.82, 2.24) is 10.2 Å². The molecule has 7 N–H and O–H groups in total. The number of ketones is 2. The van der Waals surface area contributed by atoms with Crippen molar-refractivity contribution in [3.63, 3.8) is 0 Å². The standard InChI is InChI=1S/C28H40N4O7/c1-12(2)10-30-11-14-9-17(31(3)4)15-7-13-8-16-21(32(5)6)24(35)20(27(29)38)26(37)28(16,39)25(36)18(13)23(34)19(15)22(14)33/h9,12-13,16,20-21,24,30,33-35,39H,7-8,10-11H2,1-6H3,(H2,29,38)/t13-,16-,20?,21-,24?,28-/m0/s1. The second-order valence-corrected chi connectivity index (χ2v) is 12.0. The van der Waals surface area contributed by atoms with Crippen LogP contribution in [0.4, 0.5) is 5.69 Å². The third-order valence-electron chi connectivity index (χ3n) is 8.49. The van der Waals surface area contributed by atoms with E-state index in [0.717, 1.165) is 5.69 Å². The number of Topliss-reactive ketones (excluding diaryl/α,β-unsaturated/α-hetero) is 2. The Hall–Kier alpha value is -2.99. The van der Waals surface area contributed by atoms with E-state index in [0.29, 0.717) is 30.1 Å². The molecule has 0 radical (unpaired) electrons. The van der Waals surface area contributed by atoms with Crippen molar-refractivity contribution in [2.75, 3.05) is 39.6 Å². The zero-order valence-electron chi connectivity index (χ0n) is 23.4. The SMILES string of the molecule is CC(C)CNCc1cc(N(C)C)c2c(c1O)C(O)=C1C(=O)[C@]3(O)C(=O)C(C(N)=O)C(O)[C@@H](N(C)C)[C@@H]3C[C@@H]1C2. The van der Waals surface area contributed by atoms with Crippen molar-refractivity contribution in [2.45, 2.75) is 51.0 Å². The van der Waals surface area contributed by atoms with Gasteiger partial charge < -0.3 is 41.3 Å². The van der Waals surface area contributed by atoms with E-state index in [1.165, 1.54) is 0 Å². The highest BCUT2D eigenvalue weighted by molar-refractivity contribution is 6.25. The number of fused-ring (bicyclic) bond motifs is 3. The van der Waals surface area contributed by atoms with E-state index >= 15 is 0 Å². The predicted molar refractivity (Wildman–Crippen MR) is 145 cm³/mol. The highest BCUT2D eigenvalue weighted by Crippen LogP contribution is 2.53. The molecule has 1 amide bonds. The number of rotatable bonds is 7. The first-order valence-corrected chi connectivity index (χ1v) is 13.3. The Morgan fingerprint density at radius 3 is 2.38 bits per heavy atom. The van der Waals surface area contributed by atoms with Gasteiger partial charge in [-0.25, -0.2) is 0 Å². The number of phenols is 1. The molecule has 0 bridgehead atoms. The number of aliphatic hydroxyl groups is 3. The van der Waals surface area contributed by atoms with Crippen LogP contribution in [0.2, 0.25) is 0 Å². The van der Waals surface area contributed by atoms with Gasteiger partial charge in [-0.05, 0) is 56.9 Å². The van der Waals surface area contributed by atoms with Crippen LogP contribution < -0.4 is 16.0 Å². The molecule has 11 nitrogen and oxygen atoms in total. The molecule has 214 valence electrons. The molecule has 0 aliphatic heterocycles. The van der Waals surface area contributed by atoms with Crippen LogP contribution in [0.1, 0.15) is 37.0 Å². The van der Waals surface area contributed by atoms with Gasteiger partial charge in [-0.2, -0.15) is 0 Å². The number of carbonyl (C=O) groups is 3. The van der Waals surface area contributed by atoms with Crippen molar-refractivity contribution in [3.05, 3.63) is 28.3 Å². The van der Waals surface area contributed by atoms with Gasteiger partial charge in [0.25, 0.3) is 0 Å². The first-order chi connectivity index (χ1) is 18.1. The summed E-state index contributed by atoms with van der Waals surface area (Å²) >= 11 is 0. The average molecular weight is 545 g/mol. The number of hydrogen-bond acceptors (Lipinski definition) is 10. The minimum absolute atomic E-state index is 0.0868. The summed E-state index contributed by atoms with van der Waals surface area (Å²) in [4.78, 5) is 43.1. The van der Waals surface area contributed by atoms with Gasteiger partial charge >= 0.3 is 0 Å². The molecular weight excluding hydrogens is 504 g/mol. The molecule has 0 heterocycles. The lowest BCUT2D eigenvalue weighted by molar-refractivity contribution is -0.184. The number of phenolic OH excluding ortho intramolecular Hbond substituents is 1. The lowest BCUT2D eigenvalue weighted by Gasteiger charge is -2.53. The van der Waals surface area contributed by atoms with Crippen LogP contribution in [0.3, 0.4) is 0 Å². The molecule has 39 heavy (non-hydrogen) atoms. The number of primary amides is 1. The van der Waals surface area contributed by atoms with Crippen molar-refractivity contribution in [2.24, 2.45) is 29.4 Å². The topological polar surface area (TPSA) is 177 Å². The molecule has 0 aromatic heterocycles. The van der Waals surface area contributed by atoms with Crippen LogP contribution in [0, 0.1) is 23.7 Å². The van der Waals surface area contributed by atoms with Gasteiger partial charge in [0.05, 0.1) is 11.7 Å². The molecule has 11 heteroatoms. The van der Waals surface area contributed by atoms with Gasteiger partial charge in [0.2, 0.25) is 11.7 Å². The Morgan fingerprint density at radius 1 is 1.21 bits per heavy atom. The molecule has 4 rings (SSSR count). The summed E-state index contributed by atoms with van der Waals surface area (Å²) in [5.41, 5.74) is 4.66. The maximum absolute atomic E-state index is 14.0. The van der Waals surface area contributed by atoms with Crippen LogP contribution in [0.5, 0.6) is 5.75 Å². The fraction of sp³-hybridized carbons (Fsp3) is 0.607. The van der Waals surface area contributed by atoms with Crippen molar-refractivity contribution >= 4 is 28.9 Å². The highest BCUT2D eigenvalue weighted by atomic mass is 16.3. The van der Waals surface area contributed by atoms with Crippen LogP contribution in [0.25, 0.3) is 5.76 Å². The summed E-state index contributed by atoms with van der Waals surface area (Å²) in [6, 6.07) is 0.935. The van der Waals surface area contributed by atoms with E-state index in [1.54, 1.807) is 19.0 Å². The number of carbonyl (C=O) groups excluding carboxylic acids is 3. The minimum Gasteiger partial charge on any atom is -0.507 e. The average Bonchev–Trinajstić information content (AvgIpc) is 2.81. The van der Waals surface area contributed by atoms with Gasteiger partial charge in [0.15, 0.2) is 11.4 Å². The fourth-order valence-electron chi connectivity index (χ4n) is 6.74. The summed E-state index contributed by atoms with van der Waals surface area (Å²) < 4.78 is 0. The largest absolute Gasteiger partial charge is 0.507 e. The molecule has 3 aliphatic carbocycles. The van der Waals surface area contributed by atoms with E-state index in [2.05, 4.69) is 19.2 Å². The first kappa shape index (κ1) is 29.0. The zero-order valence-corrected chi connectivity index (χ0v) is 23.4. The lowest BCUT2D eigenvalue weighted by Crippen LogP contribution is -2.73. The van der Waals surface area contributed by atoms with Gasteiger partial charge in [-0.3, -0.25) is 14.4 Å². The van der Waals surface area contributed by atoms with Gasteiger partial charge in [-0.1, -0.05) is 13.8 Å². The fourth-order valence-corrected chi connectivity index (χ4v) is 6.74. The number of nitrogens with one attached hydrogen (secondary N) is 1. The number of anilines is 1. The number of aliphatic hydroxyl groups excluding tert-OH is 2. The van der Waals surface area contributed by atoms with E-state index in [1.807, 2.05) is 25.1 Å². The van der Waals surface area contributed by atoms with E-state index in [4.69, 9.17) is 5.73 Å². The molecular formula is C28H40N4O7. The second-order valence-electron chi connectivity index (χ2n) is 12.0. The molecule has 2 unspecified atom stereocenters. The van der Waals surface area contributed by atoms with Gasteiger partial charge in [0, 0.05) is 49.4 Å². The summed E-state index contributed by atoms with van der Waals surface area (Å²) in [5, 5.41) is 48.8. The lowest BCUT2D eigenvalue weighted by atomic mass is 9.54. The van der Waals surface area contributed by atoms with E-state index in [-0.39, 0.29) is 29.7 Å². The minimum atomic E-state index is -2.67. The van der Waals surface area contributed by atoms with Crippen LogP contribution in [-0.2, 0) is 27.3 Å². The summed E-state index contributed by atoms with van der Waals surface area (Å²) in [7, 11) is 6.95. The Morgan fingerprint density at radius 2 is 1.85 bits per heavy atom. The van der Waals surface area contributed by atoms with E-state index in [9.17, 15) is 34.8 Å². The quantitative estimate of drug-likeness (QED) is 0.255. The monoisotopic (exact) mass is 544 g/mol. The highest BCUT2D eigenvalue weighted by Gasteiger charge is 2.67. The maximum Gasteiger partial charge on any atom is 0.230 e. The molecule has 2 fully saturated rings. The normalized spacial score (nSPS) is 30.4. The second kappa shape index (κ2) is 10.2. The maximum atomic E-state index is 14.0. The number of hydrogen-bond donors (Lipinski definition) is 6. The van der Waals surface area contributed by atoms with Crippen molar-refractivity contribution in [1.29, 1.82) is 0 Å². The summed E-state index contributed by atoms with van der Waals surface area (Å²) in [5.74, 6) is -7.02. The number of nitrogens with zero attached hydrogens (tertiary/aromatic N) is 2. The molecule has 0 saturated heterocycles. The Labute approximate surface area is 228 Å². The van der Waals surface area contributed by atoms with Crippen LogP contribution in [-0.4, -0.2) is 95.3 Å². The Balaban J connectivity index is 1.89. The van der Waals surface area contributed by atoms with Gasteiger partial charge in [-0.15, -0.1) is 0 Å². The third kappa shape index (κ3) is 4.41. The van der Waals surface area contributed by atoms with Gasteiger partial charge in [0.1, 0.15) is 17.4 Å². The predicted octanol–water partition coefficient (Wildman–Crippen LogP) is -0.0594. The van der Waals surface area contributed by atoms with Crippen LogP contribution >= 0.6 is 0 Å². The molecule has 1 aromatic carbocycles. The first-order valence-electron chi connectivity index (χ1n) is 13.3. The summed E-state index contributed by atoms with van der Waals surface area (Å²) in [6.45, 7) is 5.15. The van der Waals surface area contributed by atoms with Crippen molar-refractivity contribution < 1.29 is 34.8 Å². The molecule has 6 atom stereocenters. The molecule has 2 saturated carbocycles. The zero-order chi connectivity index (χ0) is 29.1. The molecule has 0 spiro atoms. The summed E-state index contributed by atoms with van der Waals surface area (Å²) in [6.07, 6.45) is -1.17. The van der Waals surface area contributed by atoms with Crippen LogP contribution in [0.15, 0.2) is 11.6 Å². The number of likely N-dealkylation sites (N-methyl/N-ethyl adjacent to an activating group) is 1. The number of nitrogens with two attached hydrogens (primary N) is 1. The number of amides is 1. The molecule has 1 aromatic rings.